The second-order valence-electron chi connectivity index (χ2n) is 5.81. The number of benzene rings is 1. The van der Waals surface area contributed by atoms with Gasteiger partial charge in [-0.05, 0) is 49.9 Å². The number of halogens is 1. The molecule has 2 saturated heterocycles. The maximum absolute atomic E-state index is 10.8. The molecule has 18 heavy (non-hydrogen) atoms. The molecular weight excluding hydrogens is 246 g/mol. The van der Waals surface area contributed by atoms with E-state index >= 15 is 0 Å². The minimum Gasteiger partial charge on any atom is -0.389 e. The van der Waals surface area contributed by atoms with Gasteiger partial charge in [-0.25, -0.2) is 0 Å². The van der Waals surface area contributed by atoms with Crippen molar-refractivity contribution in [2.45, 2.75) is 43.7 Å². The van der Waals surface area contributed by atoms with E-state index in [1.807, 2.05) is 24.3 Å². The van der Waals surface area contributed by atoms with Crippen LogP contribution >= 0.6 is 11.6 Å². The Kier molecular flexibility index (Phi) is 3.35. The van der Waals surface area contributed by atoms with Crippen LogP contribution in [0.5, 0.6) is 0 Å². The molecule has 1 N–H and O–H groups in total. The van der Waals surface area contributed by atoms with E-state index in [4.69, 9.17) is 11.6 Å². The summed E-state index contributed by atoms with van der Waals surface area (Å²) in [7, 11) is 0. The van der Waals surface area contributed by atoms with Crippen molar-refractivity contribution in [2.24, 2.45) is 0 Å². The van der Waals surface area contributed by atoms with Crippen LogP contribution in [0.25, 0.3) is 0 Å². The van der Waals surface area contributed by atoms with Crippen LogP contribution in [0.4, 0.5) is 0 Å². The van der Waals surface area contributed by atoms with Gasteiger partial charge in [-0.1, -0.05) is 23.7 Å². The van der Waals surface area contributed by atoms with E-state index < -0.39 is 5.60 Å². The molecule has 2 aliphatic heterocycles. The molecule has 0 radical (unpaired) electrons. The molecule has 1 aromatic carbocycles. The highest BCUT2D eigenvalue weighted by atomic mass is 35.5. The summed E-state index contributed by atoms with van der Waals surface area (Å²) in [6.07, 6.45) is 5.13. The van der Waals surface area contributed by atoms with Crippen molar-refractivity contribution in [3.63, 3.8) is 0 Å². The highest BCUT2D eigenvalue weighted by Crippen LogP contribution is 2.35. The molecule has 2 fully saturated rings. The lowest BCUT2D eigenvalue weighted by molar-refractivity contribution is -0.0353. The predicted molar refractivity (Wildman–Crippen MR) is 73.9 cm³/mol. The summed E-state index contributed by atoms with van der Waals surface area (Å²) in [5.74, 6) is 0. The molecule has 2 heterocycles. The molecule has 0 amide bonds. The Bertz CT molecular complexity index is 419. The van der Waals surface area contributed by atoms with Gasteiger partial charge in [0, 0.05) is 24.0 Å². The van der Waals surface area contributed by atoms with Gasteiger partial charge in [-0.2, -0.15) is 0 Å². The minimum atomic E-state index is -0.515. The second kappa shape index (κ2) is 4.84. The second-order valence-corrected chi connectivity index (χ2v) is 6.25. The van der Waals surface area contributed by atoms with Crippen LogP contribution in [0.15, 0.2) is 24.3 Å². The Morgan fingerprint density at radius 2 is 2.06 bits per heavy atom. The van der Waals surface area contributed by atoms with Crippen LogP contribution in [-0.2, 0) is 6.42 Å². The van der Waals surface area contributed by atoms with E-state index in [0.29, 0.717) is 6.04 Å². The fourth-order valence-electron chi connectivity index (χ4n) is 3.46. The standard InChI is InChI=1S/C15H20ClNO/c16-13-5-3-12(4-6-13)10-15(18)7-9-17-8-1-2-14(17)11-15/h3-6,14,18H,1-2,7-11H2. The first-order valence-electron chi connectivity index (χ1n) is 6.86. The van der Waals surface area contributed by atoms with Crippen LogP contribution in [0.3, 0.4) is 0 Å². The zero-order chi connectivity index (χ0) is 12.6. The van der Waals surface area contributed by atoms with Gasteiger partial charge in [0.25, 0.3) is 0 Å². The minimum absolute atomic E-state index is 0.515. The molecule has 0 spiro atoms. The molecule has 0 saturated carbocycles. The van der Waals surface area contributed by atoms with Crippen LogP contribution in [-0.4, -0.2) is 34.7 Å². The van der Waals surface area contributed by atoms with E-state index in [2.05, 4.69) is 4.90 Å². The van der Waals surface area contributed by atoms with E-state index in [0.717, 1.165) is 30.8 Å². The van der Waals surface area contributed by atoms with Crippen molar-refractivity contribution in [2.75, 3.05) is 13.1 Å². The molecule has 3 heteroatoms. The third-order valence-corrected chi connectivity index (χ3v) is 4.68. The SMILES string of the molecule is OC1(Cc2ccc(Cl)cc2)CCN2CCCC2C1. The number of rotatable bonds is 2. The Labute approximate surface area is 114 Å². The number of piperidine rings is 1. The van der Waals surface area contributed by atoms with E-state index in [9.17, 15) is 5.11 Å². The summed E-state index contributed by atoms with van der Waals surface area (Å²) in [6, 6.07) is 8.48. The summed E-state index contributed by atoms with van der Waals surface area (Å²) in [6.45, 7) is 2.27. The van der Waals surface area contributed by atoms with Crippen molar-refractivity contribution >= 4 is 11.6 Å². The van der Waals surface area contributed by atoms with Crippen LogP contribution in [0, 0.1) is 0 Å². The maximum atomic E-state index is 10.8. The smallest absolute Gasteiger partial charge is 0.0715 e. The Balaban J connectivity index is 1.69. The average Bonchev–Trinajstić information content (AvgIpc) is 2.79. The summed E-state index contributed by atoms with van der Waals surface area (Å²) >= 11 is 5.89. The molecule has 3 rings (SSSR count). The lowest BCUT2D eigenvalue weighted by Gasteiger charge is -2.41. The van der Waals surface area contributed by atoms with E-state index in [1.54, 1.807) is 0 Å². The number of hydrogen-bond donors (Lipinski definition) is 1. The zero-order valence-corrected chi connectivity index (χ0v) is 11.4. The summed E-state index contributed by atoms with van der Waals surface area (Å²) < 4.78 is 0. The van der Waals surface area contributed by atoms with Crippen molar-refractivity contribution in [3.8, 4) is 0 Å². The number of aliphatic hydroxyl groups is 1. The molecule has 1 aromatic rings. The number of hydrogen-bond acceptors (Lipinski definition) is 2. The first-order valence-corrected chi connectivity index (χ1v) is 7.23. The van der Waals surface area contributed by atoms with E-state index in [-0.39, 0.29) is 0 Å². The van der Waals surface area contributed by atoms with Gasteiger partial charge < -0.3 is 10.0 Å². The van der Waals surface area contributed by atoms with Gasteiger partial charge in [-0.3, -0.25) is 0 Å². The van der Waals surface area contributed by atoms with Gasteiger partial charge in [0.15, 0.2) is 0 Å². The molecule has 2 aliphatic rings. The topological polar surface area (TPSA) is 23.5 Å². The first kappa shape index (κ1) is 12.5. The van der Waals surface area contributed by atoms with Crippen molar-refractivity contribution in [3.05, 3.63) is 34.9 Å². The lowest BCUT2D eigenvalue weighted by Crippen LogP contribution is -2.48. The van der Waals surface area contributed by atoms with Crippen molar-refractivity contribution < 1.29 is 5.11 Å². The molecule has 98 valence electrons. The fourth-order valence-corrected chi connectivity index (χ4v) is 3.58. The van der Waals surface area contributed by atoms with Crippen LogP contribution in [0.2, 0.25) is 5.02 Å². The third kappa shape index (κ3) is 2.56. The van der Waals surface area contributed by atoms with Gasteiger partial charge in [0.1, 0.15) is 0 Å². The highest BCUT2D eigenvalue weighted by molar-refractivity contribution is 6.30. The summed E-state index contributed by atoms with van der Waals surface area (Å²) in [4.78, 5) is 2.54. The molecule has 2 nitrogen and oxygen atoms in total. The predicted octanol–water partition coefficient (Wildman–Crippen LogP) is 2.87. The van der Waals surface area contributed by atoms with E-state index in [1.165, 1.54) is 24.9 Å². The molecule has 2 atom stereocenters. The highest BCUT2D eigenvalue weighted by Gasteiger charge is 2.39. The molecule has 2 unspecified atom stereocenters. The Hall–Kier alpha value is -0.570. The third-order valence-electron chi connectivity index (χ3n) is 4.43. The average molecular weight is 266 g/mol. The fraction of sp³-hybridized carbons (Fsp3) is 0.600. The van der Waals surface area contributed by atoms with Crippen LogP contribution in [0.1, 0.15) is 31.2 Å². The Morgan fingerprint density at radius 1 is 1.28 bits per heavy atom. The van der Waals surface area contributed by atoms with Crippen molar-refractivity contribution in [1.29, 1.82) is 0 Å². The summed E-state index contributed by atoms with van der Waals surface area (Å²) in [5.41, 5.74) is 0.674. The quantitative estimate of drug-likeness (QED) is 0.889. The largest absolute Gasteiger partial charge is 0.389 e. The number of nitrogens with zero attached hydrogens (tertiary/aromatic N) is 1. The lowest BCUT2D eigenvalue weighted by atomic mass is 9.82. The molecule has 0 bridgehead atoms. The Morgan fingerprint density at radius 3 is 2.83 bits per heavy atom. The zero-order valence-electron chi connectivity index (χ0n) is 10.6. The molecule has 0 aromatic heterocycles. The monoisotopic (exact) mass is 265 g/mol. The van der Waals surface area contributed by atoms with Crippen LogP contribution < -0.4 is 0 Å². The number of fused-ring (bicyclic) bond motifs is 1. The van der Waals surface area contributed by atoms with Gasteiger partial charge >= 0.3 is 0 Å². The molecule has 0 aliphatic carbocycles. The maximum Gasteiger partial charge on any atom is 0.0715 e. The summed E-state index contributed by atoms with van der Waals surface area (Å²) in [5, 5.41) is 11.5. The van der Waals surface area contributed by atoms with Gasteiger partial charge in [0.05, 0.1) is 5.60 Å². The van der Waals surface area contributed by atoms with Gasteiger partial charge in [-0.15, -0.1) is 0 Å². The molecular formula is C15H20ClNO. The van der Waals surface area contributed by atoms with Crippen molar-refractivity contribution in [1.82, 2.24) is 4.90 Å². The first-order chi connectivity index (χ1) is 8.65. The van der Waals surface area contributed by atoms with Gasteiger partial charge in [0.2, 0.25) is 0 Å². The normalized spacial score (nSPS) is 32.4.